The van der Waals surface area contributed by atoms with E-state index in [0.717, 1.165) is 12.8 Å². The van der Waals surface area contributed by atoms with Gasteiger partial charge in [0.2, 0.25) is 0 Å². The molecule has 0 fully saturated rings. The molecule has 0 aliphatic carbocycles. The average molecular weight is 341 g/mol. The first-order valence-corrected chi connectivity index (χ1v) is 6.31. The molecule has 0 aromatic carbocycles. The fraction of sp³-hybridized carbons (Fsp3) is 0.900. The molecule has 0 heterocycles. The van der Waals surface area contributed by atoms with E-state index < -0.39 is 0 Å². The third-order valence-electron chi connectivity index (χ3n) is 1.98. The second-order valence-electron chi connectivity index (χ2n) is 3.23. The van der Waals surface area contributed by atoms with E-state index in [9.17, 15) is 4.79 Å². The van der Waals surface area contributed by atoms with Crippen LogP contribution in [0.5, 0.6) is 0 Å². The van der Waals surface area contributed by atoms with Crippen molar-refractivity contribution in [3.05, 3.63) is 0 Å². The quantitative estimate of drug-likeness (QED) is 0.620. The van der Waals surface area contributed by atoms with Gasteiger partial charge in [0.15, 0.2) is 0 Å². The van der Waals surface area contributed by atoms with E-state index in [2.05, 4.69) is 6.92 Å². The van der Waals surface area contributed by atoms with Crippen molar-refractivity contribution in [2.24, 2.45) is 0 Å². The summed E-state index contributed by atoms with van der Waals surface area (Å²) in [7, 11) is 0. The molecule has 1 nitrogen and oxygen atoms in total. The third-order valence-corrected chi connectivity index (χ3v) is 2.66. The van der Waals surface area contributed by atoms with Crippen molar-refractivity contribution in [2.75, 3.05) is 0 Å². The summed E-state index contributed by atoms with van der Waals surface area (Å²) in [5.74, 6) is 0. The molecule has 0 saturated carbocycles. The van der Waals surface area contributed by atoms with Crippen LogP contribution in [0, 0.1) is 0 Å². The fourth-order valence-electron chi connectivity index (χ4n) is 1.22. The molecule has 0 aromatic heterocycles. The van der Waals surface area contributed by atoms with Crippen LogP contribution in [0.3, 0.4) is 0 Å². The van der Waals surface area contributed by atoms with Gasteiger partial charge in [-0.1, -0.05) is 0 Å². The molecule has 0 aliphatic heterocycles. The van der Waals surface area contributed by atoms with E-state index >= 15 is 0 Å². The Morgan fingerprint density at radius 3 is 2.00 bits per heavy atom. The van der Waals surface area contributed by atoms with Gasteiger partial charge in [0.05, 0.1) is 0 Å². The summed E-state index contributed by atoms with van der Waals surface area (Å²) in [6.45, 7) is 2.23. The van der Waals surface area contributed by atoms with Crippen LogP contribution < -0.4 is 0 Å². The van der Waals surface area contributed by atoms with E-state index in [4.69, 9.17) is 0 Å². The SMILES string of the molecule is CCCCCCCCC[C](=O)[Re]. The molecule has 2 heteroatoms. The second kappa shape index (κ2) is 9.42. The van der Waals surface area contributed by atoms with Gasteiger partial charge in [0.1, 0.15) is 0 Å². The second-order valence-corrected chi connectivity index (χ2v) is 4.74. The van der Waals surface area contributed by atoms with E-state index in [1.807, 2.05) is 0 Å². The van der Waals surface area contributed by atoms with Crippen LogP contribution in [0.1, 0.15) is 58.3 Å². The summed E-state index contributed by atoms with van der Waals surface area (Å²) >= 11 is 1.31. The predicted octanol–water partition coefficient (Wildman–Crippen LogP) is 3.20. The molecular weight excluding hydrogens is 322 g/mol. The molecule has 0 amide bonds. The van der Waals surface area contributed by atoms with Crippen LogP contribution in [-0.4, -0.2) is 4.26 Å². The Bertz CT molecular complexity index is 112. The van der Waals surface area contributed by atoms with Crippen LogP contribution in [0.4, 0.5) is 0 Å². The Balaban J connectivity index is 2.86. The number of hydrogen-bond donors (Lipinski definition) is 0. The van der Waals surface area contributed by atoms with E-state index in [1.165, 1.54) is 57.7 Å². The molecule has 0 bridgehead atoms. The first-order valence-electron chi connectivity index (χ1n) is 4.95. The van der Waals surface area contributed by atoms with E-state index in [0.29, 0.717) is 4.26 Å². The Labute approximate surface area is 86.7 Å². The van der Waals surface area contributed by atoms with Gasteiger partial charge in [-0.3, -0.25) is 0 Å². The number of carbonyl (C=O) groups excluding carboxylic acids is 1. The average Bonchev–Trinajstić information content (AvgIpc) is 2.02. The molecule has 0 atom stereocenters. The van der Waals surface area contributed by atoms with Gasteiger partial charge in [-0.2, -0.15) is 0 Å². The summed E-state index contributed by atoms with van der Waals surface area (Å²) < 4.78 is 0.392. The zero-order valence-electron chi connectivity index (χ0n) is 7.94. The van der Waals surface area contributed by atoms with Crippen molar-refractivity contribution in [3.63, 3.8) is 0 Å². The van der Waals surface area contributed by atoms with Crippen molar-refractivity contribution in [1.29, 1.82) is 0 Å². The standard InChI is InChI=1S/C10H19O.Re/c1-2-3-4-5-6-7-8-9-10-11;/h2-9H2,1H3;. The van der Waals surface area contributed by atoms with Crippen LogP contribution in [0.2, 0.25) is 0 Å². The number of hydrogen-bond acceptors (Lipinski definition) is 1. The molecule has 0 unspecified atom stereocenters. The summed E-state index contributed by atoms with van der Waals surface area (Å²) in [6.07, 6.45) is 9.91. The Morgan fingerprint density at radius 2 is 1.50 bits per heavy atom. The summed E-state index contributed by atoms with van der Waals surface area (Å²) in [6, 6.07) is 0. The molecule has 72 valence electrons. The van der Waals surface area contributed by atoms with Gasteiger partial charge < -0.3 is 0 Å². The van der Waals surface area contributed by atoms with Gasteiger partial charge in [-0.25, -0.2) is 0 Å². The Hall–Kier alpha value is 0.332. The minimum absolute atomic E-state index is 0.392. The summed E-state index contributed by atoms with van der Waals surface area (Å²) in [5, 5.41) is 0. The van der Waals surface area contributed by atoms with Crippen LogP contribution >= 0.6 is 0 Å². The topological polar surface area (TPSA) is 17.1 Å². The molecule has 0 aromatic rings. The molecule has 0 N–H and O–H groups in total. The summed E-state index contributed by atoms with van der Waals surface area (Å²) in [5.41, 5.74) is 0. The van der Waals surface area contributed by atoms with E-state index in [1.54, 1.807) is 0 Å². The third kappa shape index (κ3) is 10.3. The van der Waals surface area contributed by atoms with Crippen molar-refractivity contribution in [1.82, 2.24) is 0 Å². The van der Waals surface area contributed by atoms with Gasteiger partial charge in [0.25, 0.3) is 0 Å². The Kier molecular flexibility index (Phi) is 9.68. The maximum absolute atomic E-state index is 10.6. The van der Waals surface area contributed by atoms with Crippen molar-refractivity contribution >= 4 is 4.26 Å². The molecule has 0 rings (SSSR count). The molecular formula is C10H19ORe. The van der Waals surface area contributed by atoms with Crippen LogP contribution in [0.15, 0.2) is 0 Å². The van der Waals surface area contributed by atoms with Crippen LogP contribution in [-0.2, 0) is 24.0 Å². The van der Waals surface area contributed by atoms with Gasteiger partial charge >= 0.3 is 86.5 Å². The predicted molar refractivity (Wildman–Crippen MR) is 47.6 cm³/mol. The van der Waals surface area contributed by atoms with Gasteiger partial charge in [-0.15, -0.1) is 0 Å². The van der Waals surface area contributed by atoms with Gasteiger partial charge in [-0.05, 0) is 0 Å². The zero-order valence-corrected chi connectivity index (χ0v) is 10.7. The molecule has 12 heavy (non-hydrogen) atoms. The number of rotatable bonds is 8. The Morgan fingerprint density at radius 1 is 1.00 bits per heavy atom. The number of carbonyl (C=O) groups is 1. The van der Waals surface area contributed by atoms with Crippen molar-refractivity contribution < 1.29 is 24.0 Å². The van der Waals surface area contributed by atoms with Gasteiger partial charge in [0, 0.05) is 0 Å². The molecule has 0 radical (unpaired) electrons. The maximum atomic E-state index is 10.6. The van der Waals surface area contributed by atoms with Crippen molar-refractivity contribution in [3.8, 4) is 0 Å². The monoisotopic (exact) mass is 342 g/mol. The van der Waals surface area contributed by atoms with E-state index in [-0.39, 0.29) is 0 Å². The molecule has 0 saturated heterocycles. The van der Waals surface area contributed by atoms with Crippen molar-refractivity contribution in [2.45, 2.75) is 58.3 Å². The summed E-state index contributed by atoms with van der Waals surface area (Å²) in [4.78, 5) is 10.6. The molecule has 0 aliphatic rings. The molecule has 0 spiro atoms. The zero-order chi connectivity index (χ0) is 9.23. The first-order chi connectivity index (χ1) is 5.77. The first kappa shape index (κ1) is 12.3. The number of unbranched alkanes of at least 4 members (excludes halogenated alkanes) is 6. The fourth-order valence-corrected chi connectivity index (χ4v) is 1.70. The minimum atomic E-state index is 0.392. The van der Waals surface area contributed by atoms with Crippen LogP contribution in [0.25, 0.3) is 0 Å². The normalized spacial score (nSPS) is 10.2.